The number of hydrogen-bond donors (Lipinski definition) is 0. The number of allylic oxidation sites excluding steroid dienone is 1. The van der Waals surface area contributed by atoms with Gasteiger partial charge in [-0.05, 0) is 26.0 Å². The zero-order valence-electron chi connectivity index (χ0n) is 16.2. The molecular formula is C19H16N4O5S2. The van der Waals surface area contributed by atoms with Crippen molar-refractivity contribution in [3.8, 4) is 0 Å². The minimum atomic E-state index is -0.960. The lowest BCUT2D eigenvalue weighted by atomic mass is 10.0. The first kappa shape index (κ1) is 20.2. The highest BCUT2D eigenvalue weighted by Crippen LogP contribution is 2.36. The van der Waals surface area contributed by atoms with E-state index in [0.29, 0.717) is 9.24 Å². The molecule has 154 valence electrons. The van der Waals surface area contributed by atoms with Crippen LogP contribution in [0.5, 0.6) is 0 Å². The van der Waals surface area contributed by atoms with Crippen LogP contribution in [-0.4, -0.2) is 63.4 Å². The van der Waals surface area contributed by atoms with Gasteiger partial charge in [-0.25, -0.2) is 4.79 Å². The van der Waals surface area contributed by atoms with Crippen molar-refractivity contribution in [2.75, 3.05) is 13.7 Å². The topological polar surface area (TPSA) is 110 Å². The summed E-state index contributed by atoms with van der Waals surface area (Å²) in [4.78, 5) is 53.3. The number of amides is 3. The van der Waals surface area contributed by atoms with Crippen LogP contribution in [0.15, 0.2) is 39.2 Å². The fraction of sp³-hybridized carbons (Fsp3) is 0.263. The smallest absolute Gasteiger partial charge is 0.355 e. The number of carbonyl (C=O) groups excluding carboxylic acids is 4. The predicted molar refractivity (Wildman–Crippen MR) is 108 cm³/mol. The van der Waals surface area contributed by atoms with Crippen LogP contribution >= 0.6 is 23.1 Å². The summed E-state index contributed by atoms with van der Waals surface area (Å²) in [6, 6.07) is 5.48. The number of carbonyl (C=O) groups is 4. The second-order valence-corrected chi connectivity index (χ2v) is 9.22. The lowest BCUT2D eigenvalue weighted by Crippen LogP contribution is -2.65. The van der Waals surface area contributed by atoms with Crippen LogP contribution in [0.4, 0.5) is 0 Å². The second-order valence-electron chi connectivity index (χ2n) is 6.58. The molecule has 0 bridgehead atoms. The number of thioether (sulfide) groups is 1. The summed E-state index contributed by atoms with van der Waals surface area (Å²) in [5.41, 5.74) is 0.611. The Kier molecular flexibility index (Phi) is 5.16. The van der Waals surface area contributed by atoms with Gasteiger partial charge in [-0.15, -0.1) is 10.2 Å². The number of aryl methyl sites for hydroxylation is 1. The molecule has 0 N–H and O–H groups in total. The van der Waals surface area contributed by atoms with Crippen molar-refractivity contribution in [3.05, 3.63) is 51.0 Å². The van der Waals surface area contributed by atoms with E-state index < -0.39 is 29.7 Å². The molecule has 0 spiro atoms. The number of hydrogen-bond acceptors (Lipinski definition) is 9. The Hall–Kier alpha value is -3.05. The predicted octanol–water partition coefficient (Wildman–Crippen LogP) is 1.85. The third-order valence-electron chi connectivity index (χ3n) is 4.77. The molecule has 4 rings (SSSR count). The van der Waals surface area contributed by atoms with Gasteiger partial charge in [-0.1, -0.05) is 35.2 Å². The van der Waals surface area contributed by atoms with Gasteiger partial charge in [0.05, 0.1) is 24.8 Å². The monoisotopic (exact) mass is 444 g/mol. The Bertz CT molecular complexity index is 1090. The van der Waals surface area contributed by atoms with Gasteiger partial charge >= 0.3 is 5.97 Å². The van der Waals surface area contributed by atoms with Crippen LogP contribution in [-0.2, 0) is 14.3 Å². The third-order valence-corrected chi connectivity index (χ3v) is 6.66. The number of likely N-dealkylation sites (tertiary alicyclic amines) is 1. The molecule has 11 heteroatoms. The first-order valence-electron chi connectivity index (χ1n) is 8.89. The van der Waals surface area contributed by atoms with Crippen LogP contribution in [0.2, 0.25) is 0 Å². The number of methoxy groups -OCH3 is 1. The highest BCUT2D eigenvalue weighted by molar-refractivity contribution is 8.04. The Morgan fingerprint density at radius 1 is 1.17 bits per heavy atom. The molecule has 30 heavy (non-hydrogen) atoms. The number of imide groups is 1. The highest BCUT2D eigenvalue weighted by Gasteiger charge is 2.51. The van der Waals surface area contributed by atoms with Gasteiger partial charge in [0, 0.05) is 4.91 Å². The van der Waals surface area contributed by atoms with E-state index in [1.54, 1.807) is 31.2 Å². The SMILES string of the molecule is COC(=O)C(=C(C)Sc1nnc(C)s1)N1CC(N2C(=O)c3ccccc3C2=O)C1=O. The van der Waals surface area contributed by atoms with Crippen LogP contribution in [0.25, 0.3) is 0 Å². The Balaban J connectivity index is 1.58. The first-order valence-corrected chi connectivity index (χ1v) is 10.5. The molecule has 3 heterocycles. The molecule has 0 saturated carbocycles. The average Bonchev–Trinajstić information content (AvgIpc) is 3.25. The number of ether oxygens (including phenoxy) is 1. The summed E-state index contributed by atoms with van der Waals surface area (Å²) >= 11 is 2.56. The molecule has 2 aliphatic heterocycles. The first-order chi connectivity index (χ1) is 14.3. The van der Waals surface area contributed by atoms with E-state index in [0.717, 1.165) is 9.91 Å². The van der Waals surface area contributed by atoms with Crippen molar-refractivity contribution in [1.82, 2.24) is 20.0 Å². The molecule has 9 nitrogen and oxygen atoms in total. The molecule has 0 radical (unpaired) electrons. The van der Waals surface area contributed by atoms with Gasteiger partial charge < -0.3 is 9.64 Å². The number of nitrogens with zero attached hydrogens (tertiary/aromatic N) is 4. The fourth-order valence-corrected chi connectivity index (χ4v) is 5.29. The minimum absolute atomic E-state index is 0.0157. The molecule has 1 saturated heterocycles. The quantitative estimate of drug-likeness (QED) is 0.226. The highest BCUT2D eigenvalue weighted by atomic mass is 32.2. The fourth-order valence-electron chi connectivity index (χ4n) is 3.33. The Morgan fingerprint density at radius 3 is 2.30 bits per heavy atom. The number of rotatable bonds is 5. The molecule has 1 aromatic heterocycles. The van der Waals surface area contributed by atoms with Crippen molar-refractivity contribution >= 4 is 46.8 Å². The number of β-lactam (4-membered cyclic amide) rings is 1. The third kappa shape index (κ3) is 3.19. The lowest BCUT2D eigenvalue weighted by molar-refractivity contribution is -0.150. The van der Waals surface area contributed by atoms with Crippen molar-refractivity contribution in [3.63, 3.8) is 0 Å². The van der Waals surface area contributed by atoms with Crippen molar-refractivity contribution in [1.29, 1.82) is 0 Å². The molecule has 2 aromatic rings. The second kappa shape index (κ2) is 7.65. The van der Waals surface area contributed by atoms with E-state index in [2.05, 4.69) is 10.2 Å². The zero-order valence-corrected chi connectivity index (χ0v) is 17.9. The molecule has 1 aromatic carbocycles. The summed E-state index contributed by atoms with van der Waals surface area (Å²) in [5.74, 6) is -2.21. The maximum atomic E-state index is 12.9. The van der Waals surface area contributed by atoms with Gasteiger partial charge in [-0.2, -0.15) is 0 Å². The molecule has 2 aliphatic rings. The van der Waals surface area contributed by atoms with E-state index in [4.69, 9.17) is 4.74 Å². The van der Waals surface area contributed by atoms with E-state index in [-0.39, 0.29) is 23.4 Å². The van der Waals surface area contributed by atoms with Gasteiger partial charge in [0.25, 0.3) is 17.7 Å². The lowest BCUT2D eigenvalue weighted by Gasteiger charge is -2.42. The minimum Gasteiger partial charge on any atom is -0.464 e. The summed E-state index contributed by atoms with van der Waals surface area (Å²) in [5, 5.41) is 8.72. The summed E-state index contributed by atoms with van der Waals surface area (Å²) in [7, 11) is 1.22. The normalized spacial score (nSPS) is 18.9. The molecule has 1 fully saturated rings. The molecule has 3 amide bonds. The van der Waals surface area contributed by atoms with Gasteiger partial charge in [0.15, 0.2) is 4.34 Å². The van der Waals surface area contributed by atoms with Crippen molar-refractivity contribution in [2.45, 2.75) is 24.2 Å². The van der Waals surface area contributed by atoms with Crippen LogP contribution in [0.1, 0.15) is 32.6 Å². The van der Waals surface area contributed by atoms with E-state index in [1.165, 1.54) is 35.1 Å². The van der Waals surface area contributed by atoms with Gasteiger partial charge in [0.2, 0.25) is 0 Å². The van der Waals surface area contributed by atoms with E-state index >= 15 is 0 Å². The van der Waals surface area contributed by atoms with Crippen LogP contribution in [0.3, 0.4) is 0 Å². The Labute approximate surface area is 179 Å². The summed E-state index contributed by atoms with van der Waals surface area (Å²) in [6.45, 7) is 3.51. The number of esters is 1. The summed E-state index contributed by atoms with van der Waals surface area (Å²) in [6.07, 6.45) is 0. The van der Waals surface area contributed by atoms with Gasteiger partial charge in [-0.3, -0.25) is 19.3 Å². The van der Waals surface area contributed by atoms with Crippen LogP contribution in [0, 0.1) is 6.92 Å². The van der Waals surface area contributed by atoms with E-state index in [1.807, 2.05) is 6.92 Å². The van der Waals surface area contributed by atoms with Gasteiger partial charge in [0.1, 0.15) is 16.7 Å². The molecule has 0 aliphatic carbocycles. The zero-order chi connectivity index (χ0) is 21.6. The standard InChI is InChI=1S/C19H16N4O5S2/c1-9(29-19-21-20-10(2)30-19)14(18(27)28-3)22-8-13(17(22)26)23-15(24)11-6-4-5-7-12(11)16(23)25/h4-7,13H,8H2,1-3H3. The Morgan fingerprint density at radius 2 is 1.80 bits per heavy atom. The van der Waals surface area contributed by atoms with Crippen molar-refractivity contribution in [2.24, 2.45) is 0 Å². The molecular weight excluding hydrogens is 428 g/mol. The maximum absolute atomic E-state index is 12.9. The average molecular weight is 444 g/mol. The summed E-state index contributed by atoms with van der Waals surface area (Å²) < 4.78 is 5.47. The number of aromatic nitrogens is 2. The molecule has 1 unspecified atom stereocenters. The molecule has 1 atom stereocenters. The number of benzene rings is 1. The number of fused-ring (bicyclic) bond motifs is 1. The van der Waals surface area contributed by atoms with Crippen molar-refractivity contribution < 1.29 is 23.9 Å². The van der Waals surface area contributed by atoms with Crippen LogP contribution < -0.4 is 0 Å². The van der Waals surface area contributed by atoms with E-state index in [9.17, 15) is 19.2 Å². The largest absolute Gasteiger partial charge is 0.464 e. The maximum Gasteiger partial charge on any atom is 0.355 e.